The third kappa shape index (κ3) is 4.29. The minimum absolute atomic E-state index is 0.0678. The second-order valence-corrected chi connectivity index (χ2v) is 8.06. The number of nitrogens with two attached hydrogens (primary N) is 2. The first-order valence-electron chi connectivity index (χ1n) is 10.7. The Bertz CT molecular complexity index is 1430. The molecule has 5 heteroatoms. The molecule has 6 N–H and O–H groups in total. The highest BCUT2D eigenvalue weighted by atomic mass is 16.3. The number of aromatic hydroxyl groups is 1. The lowest BCUT2D eigenvalue weighted by Gasteiger charge is -2.09. The zero-order valence-electron chi connectivity index (χ0n) is 18.0. The van der Waals surface area contributed by atoms with Crippen molar-refractivity contribution >= 4 is 33.7 Å². The Labute approximate surface area is 192 Å². The molecule has 0 spiro atoms. The van der Waals surface area contributed by atoms with Crippen molar-refractivity contribution < 1.29 is 5.11 Å². The molecule has 0 saturated heterocycles. The van der Waals surface area contributed by atoms with Gasteiger partial charge in [0.25, 0.3) is 0 Å². The van der Waals surface area contributed by atoms with Crippen LogP contribution in [0.15, 0.2) is 102 Å². The standard InChI is InChI=1S/C28H24N4O/c29-21-10-6-18(7-11-21)16-19-8-13-23(14-9-19)31-27(20-4-2-1-3-5-20)26-24-17-22(30)12-15-25(24)32-28(26)33/h1-15,17,32-33H,16,29-30H2. The van der Waals surface area contributed by atoms with Gasteiger partial charge in [-0.2, -0.15) is 0 Å². The molecule has 162 valence electrons. The van der Waals surface area contributed by atoms with Gasteiger partial charge < -0.3 is 21.6 Å². The molecule has 0 radical (unpaired) electrons. The van der Waals surface area contributed by atoms with Crippen molar-refractivity contribution in [2.75, 3.05) is 11.5 Å². The van der Waals surface area contributed by atoms with Crippen LogP contribution in [-0.4, -0.2) is 15.8 Å². The van der Waals surface area contributed by atoms with Gasteiger partial charge in [0.1, 0.15) is 0 Å². The number of hydrogen-bond donors (Lipinski definition) is 4. The molecular weight excluding hydrogens is 408 g/mol. The number of hydrogen-bond acceptors (Lipinski definition) is 4. The average Bonchev–Trinajstić information content (AvgIpc) is 3.15. The van der Waals surface area contributed by atoms with Gasteiger partial charge in [0.05, 0.1) is 17.0 Å². The highest BCUT2D eigenvalue weighted by Gasteiger charge is 2.18. The largest absolute Gasteiger partial charge is 0.494 e. The molecular formula is C28H24N4O. The van der Waals surface area contributed by atoms with Crippen LogP contribution in [0.1, 0.15) is 22.3 Å². The number of benzene rings is 4. The van der Waals surface area contributed by atoms with Crippen LogP contribution in [0.3, 0.4) is 0 Å². The van der Waals surface area contributed by atoms with E-state index in [1.165, 1.54) is 11.1 Å². The number of aliphatic imine (C=N–C) groups is 1. The van der Waals surface area contributed by atoms with E-state index in [4.69, 9.17) is 16.5 Å². The Balaban J connectivity index is 1.56. The summed E-state index contributed by atoms with van der Waals surface area (Å²) in [5.41, 5.74) is 19.4. The van der Waals surface area contributed by atoms with E-state index in [2.05, 4.69) is 17.1 Å². The van der Waals surface area contributed by atoms with Crippen molar-refractivity contribution in [1.82, 2.24) is 4.98 Å². The van der Waals surface area contributed by atoms with E-state index in [9.17, 15) is 5.11 Å². The summed E-state index contributed by atoms with van der Waals surface area (Å²) < 4.78 is 0. The molecule has 0 aliphatic heterocycles. The summed E-state index contributed by atoms with van der Waals surface area (Å²) in [6, 6.07) is 31.4. The van der Waals surface area contributed by atoms with E-state index in [-0.39, 0.29) is 5.88 Å². The van der Waals surface area contributed by atoms with E-state index in [0.29, 0.717) is 17.0 Å². The summed E-state index contributed by atoms with van der Waals surface area (Å²) in [6.45, 7) is 0. The van der Waals surface area contributed by atoms with Crippen LogP contribution in [0.25, 0.3) is 10.9 Å². The Morgan fingerprint density at radius 1 is 0.758 bits per heavy atom. The SMILES string of the molecule is Nc1ccc(Cc2ccc(N=C(c3ccccc3)c3c(O)[nH]c4ccc(N)cc34)cc2)cc1. The van der Waals surface area contributed by atoms with E-state index in [1.54, 1.807) is 6.07 Å². The third-order valence-electron chi connectivity index (χ3n) is 5.65. The normalized spacial score (nSPS) is 11.7. The molecule has 5 aromatic rings. The molecule has 0 aliphatic rings. The molecule has 1 heterocycles. The maximum absolute atomic E-state index is 10.8. The van der Waals surface area contributed by atoms with Crippen LogP contribution in [0.5, 0.6) is 5.88 Å². The van der Waals surface area contributed by atoms with Crippen molar-refractivity contribution in [3.8, 4) is 5.88 Å². The van der Waals surface area contributed by atoms with E-state index in [0.717, 1.165) is 34.3 Å². The summed E-state index contributed by atoms with van der Waals surface area (Å²) in [6.07, 6.45) is 0.818. The number of nitrogen functional groups attached to an aromatic ring is 2. The molecule has 0 aliphatic carbocycles. The van der Waals surface area contributed by atoms with Gasteiger partial charge in [-0.15, -0.1) is 0 Å². The molecule has 33 heavy (non-hydrogen) atoms. The summed E-state index contributed by atoms with van der Waals surface area (Å²) in [4.78, 5) is 7.99. The Hall–Kier alpha value is -4.51. The quantitative estimate of drug-likeness (QED) is 0.209. The summed E-state index contributed by atoms with van der Waals surface area (Å²) in [7, 11) is 0. The molecule has 0 amide bonds. The third-order valence-corrected chi connectivity index (χ3v) is 5.65. The maximum Gasteiger partial charge on any atom is 0.199 e. The predicted octanol–water partition coefficient (Wildman–Crippen LogP) is 5.80. The van der Waals surface area contributed by atoms with E-state index < -0.39 is 0 Å². The smallest absolute Gasteiger partial charge is 0.199 e. The lowest BCUT2D eigenvalue weighted by atomic mass is 10.0. The lowest BCUT2D eigenvalue weighted by molar-refractivity contribution is 0.457. The van der Waals surface area contributed by atoms with Crippen molar-refractivity contribution in [3.63, 3.8) is 0 Å². The second kappa shape index (κ2) is 8.55. The van der Waals surface area contributed by atoms with Gasteiger partial charge in [-0.25, -0.2) is 4.99 Å². The first-order chi connectivity index (χ1) is 16.1. The number of fused-ring (bicyclic) bond motifs is 1. The zero-order valence-corrected chi connectivity index (χ0v) is 18.0. The Kier molecular flexibility index (Phi) is 5.29. The average molecular weight is 433 g/mol. The van der Waals surface area contributed by atoms with Crippen LogP contribution in [0.2, 0.25) is 0 Å². The van der Waals surface area contributed by atoms with Crippen LogP contribution in [-0.2, 0) is 6.42 Å². The van der Waals surface area contributed by atoms with Crippen LogP contribution in [0, 0.1) is 0 Å². The number of H-pyrrole nitrogens is 1. The van der Waals surface area contributed by atoms with Gasteiger partial charge in [-0.05, 0) is 60.0 Å². The van der Waals surface area contributed by atoms with Gasteiger partial charge in [-0.3, -0.25) is 0 Å². The number of aromatic amines is 1. The maximum atomic E-state index is 10.8. The number of nitrogens with one attached hydrogen (secondary N) is 1. The number of nitrogens with zero attached hydrogens (tertiary/aromatic N) is 1. The van der Waals surface area contributed by atoms with Crippen molar-refractivity contribution in [2.45, 2.75) is 6.42 Å². The fourth-order valence-electron chi connectivity index (χ4n) is 3.98. The van der Waals surface area contributed by atoms with E-state index in [1.807, 2.05) is 78.9 Å². The Morgan fingerprint density at radius 3 is 2.09 bits per heavy atom. The second-order valence-electron chi connectivity index (χ2n) is 8.06. The highest BCUT2D eigenvalue weighted by molar-refractivity contribution is 6.22. The van der Waals surface area contributed by atoms with Gasteiger partial charge in [-0.1, -0.05) is 54.6 Å². The number of anilines is 2. The minimum Gasteiger partial charge on any atom is -0.494 e. The summed E-state index contributed by atoms with van der Waals surface area (Å²) in [5, 5.41) is 11.6. The van der Waals surface area contributed by atoms with Crippen LogP contribution >= 0.6 is 0 Å². The minimum atomic E-state index is 0.0678. The van der Waals surface area contributed by atoms with E-state index >= 15 is 0 Å². The van der Waals surface area contributed by atoms with Gasteiger partial charge in [0, 0.05) is 27.8 Å². The molecule has 0 fully saturated rings. The number of rotatable bonds is 5. The van der Waals surface area contributed by atoms with Gasteiger partial charge in [0.15, 0.2) is 5.88 Å². The predicted molar refractivity (Wildman–Crippen MR) is 136 cm³/mol. The first-order valence-corrected chi connectivity index (χ1v) is 10.7. The fourth-order valence-corrected chi connectivity index (χ4v) is 3.98. The molecule has 0 unspecified atom stereocenters. The van der Waals surface area contributed by atoms with Gasteiger partial charge >= 0.3 is 0 Å². The molecule has 0 atom stereocenters. The molecule has 5 nitrogen and oxygen atoms in total. The lowest BCUT2D eigenvalue weighted by Crippen LogP contribution is -2.03. The molecule has 4 aromatic carbocycles. The van der Waals surface area contributed by atoms with Crippen LogP contribution < -0.4 is 11.5 Å². The fraction of sp³-hybridized carbons (Fsp3) is 0.0357. The highest BCUT2D eigenvalue weighted by Crippen LogP contribution is 2.32. The summed E-state index contributed by atoms with van der Waals surface area (Å²) in [5.74, 6) is 0.0678. The topological polar surface area (TPSA) is 100 Å². The van der Waals surface area contributed by atoms with Crippen molar-refractivity contribution in [1.29, 1.82) is 0 Å². The molecule has 1 aromatic heterocycles. The molecule has 5 rings (SSSR count). The monoisotopic (exact) mass is 432 g/mol. The van der Waals surface area contributed by atoms with Gasteiger partial charge in [0.2, 0.25) is 0 Å². The van der Waals surface area contributed by atoms with Crippen molar-refractivity contribution in [2.24, 2.45) is 4.99 Å². The summed E-state index contributed by atoms with van der Waals surface area (Å²) >= 11 is 0. The zero-order chi connectivity index (χ0) is 22.8. The first kappa shape index (κ1) is 20.4. The van der Waals surface area contributed by atoms with Crippen molar-refractivity contribution in [3.05, 3.63) is 119 Å². The Morgan fingerprint density at radius 2 is 1.39 bits per heavy atom. The molecule has 0 bridgehead atoms. The number of aromatic nitrogens is 1. The molecule has 0 saturated carbocycles. The van der Waals surface area contributed by atoms with Crippen LogP contribution in [0.4, 0.5) is 17.1 Å².